The van der Waals surface area contributed by atoms with Gasteiger partial charge in [-0.3, -0.25) is 19.2 Å². The summed E-state index contributed by atoms with van der Waals surface area (Å²) in [5.41, 5.74) is 1.79. The van der Waals surface area contributed by atoms with Crippen LogP contribution in [0.1, 0.15) is 52.2 Å². The number of Topliss-reactive ketones (excluding diaryl/α,β-unsaturated/α-hetero) is 2. The number of hydrogen-bond acceptors (Lipinski definition) is 6. The molecule has 0 aliphatic heterocycles. The number of aliphatic carboxylic acids is 1. The first-order chi connectivity index (χ1) is 14.4. The van der Waals surface area contributed by atoms with E-state index < -0.39 is 18.4 Å². The van der Waals surface area contributed by atoms with Crippen molar-refractivity contribution in [3.05, 3.63) is 51.5 Å². The lowest BCUT2D eigenvalue weighted by Crippen LogP contribution is -2.30. The number of nitrogens with zero attached hydrogens (tertiary/aromatic N) is 1. The van der Waals surface area contributed by atoms with Crippen molar-refractivity contribution in [1.82, 2.24) is 10.3 Å². The maximum absolute atomic E-state index is 13.1. The second-order valence-electron chi connectivity index (χ2n) is 7.50. The van der Waals surface area contributed by atoms with Crippen molar-refractivity contribution >= 4 is 34.8 Å². The third-order valence-corrected chi connectivity index (χ3v) is 5.97. The van der Waals surface area contributed by atoms with Crippen molar-refractivity contribution < 1.29 is 24.3 Å². The zero-order valence-corrected chi connectivity index (χ0v) is 17.4. The van der Waals surface area contributed by atoms with Crippen molar-refractivity contribution in [2.75, 3.05) is 6.54 Å². The van der Waals surface area contributed by atoms with Gasteiger partial charge in [0.25, 0.3) is 0 Å². The van der Waals surface area contributed by atoms with Crippen molar-refractivity contribution in [2.45, 2.75) is 44.9 Å². The number of ketones is 2. The Kier molecular flexibility index (Phi) is 7.46. The van der Waals surface area contributed by atoms with Gasteiger partial charge in [-0.25, -0.2) is 4.98 Å². The minimum Gasteiger partial charge on any atom is -0.480 e. The number of thiazole rings is 1. The molecule has 3 rings (SSSR count). The molecule has 1 aromatic heterocycles. The van der Waals surface area contributed by atoms with Crippen LogP contribution in [0.5, 0.6) is 0 Å². The van der Waals surface area contributed by atoms with Gasteiger partial charge in [0.15, 0.2) is 5.78 Å². The maximum atomic E-state index is 13.1. The standard InChI is InChI=1S/C22H24N2O5S/c25-17(12-20-23-7-8-30-20)11-16-6-5-14(10-19(26)24-13-21(27)28)9-18(16)22(29)15-3-1-2-4-15/h5-9,15H,1-4,10-13H2,(H,24,26)(H,27,28). The largest absolute Gasteiger partial charge is 0.480 e. The number of carbonyl (C=O) groups is 4. The van der Waals surface area contributed by atoms with E-state index in [1.807, 2.05) is 5.38 Å². The third kappa shape index (κ3) is 6.06. The summed E-state index contributed by atoms with van der Waals surface area (Å²) in [5.74, 6) is -1.58. The maximum Gasteiger partial charge on any atom is 0.322 e. The van der Waals surface area contributed by atoms with E-state index in [0.29, 0.717) is 16.7 Å². The fourth-order valence-electron chi connectivity index (χ4n) is 3.73. The topological polar surface area (TPSA) is 113 Å². The number of carbonyl (C=O) groups excluding carboxylic acids is 3. The fourth-order valence-corrected chi connectivity index (χ4v) is 4.38. The van der Waals surface area contributed by atoms with E-state index in [4.69, 9.17) is 5.11 Å². The zero-order chi connectivity index (χ0) is 21.5. The van der Waals surface area contributed by atoms with Crippen LogP contribution in [0.3, 0.4) is 0 Å². The molecule has 8 heteroatoms. The van der Waals surface area contributed by atoms with E-state index in [-0.39, 0.29) is 36.7 Å². The highest BCUT2D eigenvalue weighted by Crippen LogP contribution is 2.30. The van der Waals surface area contributed by atoms with Crippen molar-refractivity contribution in [1.29, 1.82) is 0 Å². The zero-order valence-electron chi connectivity index (χ0n) is 16.6. The summed E-state index contributed by atoms with van der Waals surface area (Å²) in [5, 5.41) is 13.6. The Morgan fingerprint density at radius 3 is 2.53 bits per heavy atom. The second-order valence-corrected chi connectivity index (χ2v) is 8.48. The summed E-state index contributed by atoms with van der Waals surface area (Å²) >= 11 is 1.42. The molecule has 1 heterocycles. The molecule has 0 saturated heterocycles. The highest BCUT2D eigenvalue weighted by Gasteiger charge is 2.26. The first-order valence-corrected chi connectivity index (χ1v) is 10.8. The summed E-state index contributed by atoms with van der Waals surface area (Å²) < 4.78 is 0. The molecule has 158 valence electrons. The molecule has 0 bridgehead atoms. The van der Waals surface area contributed by atoms with Gasteiger partial charge in [-0.05, 0) is 30.0 Å². The Balaban J connectivity index is 1.78. The molecule has 1 fully saturated rings. The van der Waals surface area contributed by atoms with Gasteiger partial charge >= 0.3 is 5.97 Å². The van der Waals surface area contributed by atoms with Crippen LogP contribution in [-0.4, -0.2) is 40.1 Å². The number of aromatic nitrogens is 1. The molecule has 0 atom stereocenters. The Labute approximate surface area is 178 Å². The van der Waals surface area contributed by atoms with Crippen molar-refractivity contribution in [2.24, 2.45) is 5.92 Å². The van der Waals surface area contributed by atoms with Crippen LogP contribution in [0.2, 0.25) is 0 Å². The molecule has 7 nitrogen and oxygen atoms in total. The van der Waals surface area contributed by atoms with Gasteiger partial charge in [0.05, 0.1) is 17.8 Å². The fraction of sp³-hybridized carbons (Fsp3) is 0.409. The number of benzene rings is 1. The van der Waals surface area contributed by atoms with Gasteiger partial charge in [0, 0.05) is 29.5 Å². The first-order valence-electron chi connectivity index (χ1n) is 9.97. The monoisotopic (exact) mass is 428 g/mol. The summed E-state index contributed by atoms with van der Waals surface area (Å²) in [4.78, 5) is 52.4. The average Bonchev–Trinajstić information content (AvgIpc) is 3.41. The van der Waals surface area contributed by atoms with E-state index >= 15 is 0 Å². The van der Waals surface area contributed by atoms with Crippen LogP contribution in [0, 0.1) is 5.92 Å². The van der Waals surface area contributed by atoms with Crippen LogP contribution in [-0.2, 0) is 33.6 Å². The summed E-state index contributed by atoms with van der Waals surface area (Å²) in [6.45, 7) is -0.448. The number of carboxylic acids is 1. The predicted octanol–water partition coefficient (Wildman–Crippen LogP) is 2.61. The highest BCUT2D eigenvalue weighted by atomic mass is 32.1. The number of hydrogen-bond donors (Lipinski definition) is 2. The minimum absolute atomic E-state index is 0.0163. The lowest BCUT2D eigenvalue weighted by Gasteiger charge is -2.14. The lowest BCUT2D eigenvalue weighted by atomic mass is 9.89. The molecular weight excluding hydrogens is 404 g/mol. The van der Waals surface area contributed by atoms with Crippen molar-refractivity contribution in [3.63, 3.8) is 0 Å². The summed E-state index contributed by atoms with van der Waals surface area (Å²) in [7, 11) is 0. The Morgan fingerprint density at radius 2 is 1.87 bits per heavy atom. The Hall–Kier alpha value is -2.87. The van der Waals surface area contributed by atoms with E-state index in [1.54, 1.807) is 24.4 Å². The number of nitrogens with one attached hydrogen (secondary N) is 1. The summed E-state index contributed by atoms with van der Waals surface area (Å²) in [6, 6.07) is 5.15. The number of rotatable bonds is 10. The van der Waals surface area contributed by atoms with E-state index in [1.165, 1.54) is 11.3 Å². The second kappa shape index (κ2) is 10.2. The van der Waals surface area contributed by atoms with Crippen LogP contribution >= 0.6 is 11.3 Å². The molecule has 1 aromatic carbocycles. The van der Waals surface area contributed by atoms with Gasteiger partial charge < -0.3 is 10.4 Å². The van der Waals surface area contributed by atoms with E-state index in [9.17, 15) is 19.2 Å². The lowest BCUT2D eigenvalue weighted by molar-refractivity contribution is -0.137. The van der Waals surface area contributed by atoms with Gasteiger partial charge in [-0.2, -0.15) is 0 Å². The number of carboxylic acid groups (broad SMARTS) is 1. The van der Waals surface area contributed by atoms with Gasteiger partial charge in [-0.15, -0.1) is 11.3 Å². The van der Waals surface area contributed by atoms with Crippen LogP contribution in [0.25, 0.3) is 0 Å². The smallest absolute Gasteiger partial charge is 0.322 e. The SMILES string of the molecule is O=C(O)CNC(=O)Cc1ccc(CC(=O)Cc2nccs2)c(C(=O)C2CCCC2)c1. The van der Waals surface area contributed by atoms with Crippen LogP contribution in [0.4, 0.5) is 0 Å². The average molecular weight is 429 g/mol. The molecule has 2 aromatic rings. The Morgan fingerprint density at radius 1 is 1.10 bits per heavy atom. The molecular formula is C22H24N2O5S. The molecule has 1 aliphatic carbocycles. The minimum atomic E-state index is -1.12. The molecule has 1 amide bonds. The molecule has 0 unspecified atom stereocenters. The molecule has 30 heavy (non-hydrogen) atoms. The normalized spacial score (nSPS) is 13.9. The van der Waals surface area contributed by atoms with Gasteiger partial charge in [0.2, 0.25) is 5.91 Å². The molecule has 1 saturated carbocycles. The van der Waals surface area contributed by atoms with Gasteiger partial charge in [-0.1, -0.05) is 25.0 Å². The van der Waals surface area contributed by atoms with E-state index in [0.717, 1.165) is 30.7 Å². The van der Waals surface area contributed by atoms with Crippen LogP contribution < -0.4 is 5.32 Å². The van der Waals surface area contributed by atoms with E-state index in [2.05, 4.69) is 10.3 Å². The third-order valence-electron chi connectivity index (χ3n) is 5.19. The summed E-state index contributed by atoms with van der Waals surface area (Å²) in [6.07, 6.45) is 5.73. The molecule has 0 radical (unpaired) electrons. The molecule has 1 aliphatic rings. The van der Waals surface area contributed by atoms with Crippen LogP contribution in [0.15, 0.2) is 29.8 Å². The first kappa shape index (κ1) is 21.8. The molecule has 2 N–H and O–H groups in total. The van der Waals surface area contributed by atoms with Gasteiger partial charge in [0.1, 0.15) is 12.3 Å². The highest BCUT2D eigenvalue weighted by molar-refractivity contribution is 7.09. The number of amides is 1. The van der Waals surface area contributed by atoms with Crippen molar-refractivity contribution in [3.8, 4) is 0 Å². The predicted molar refractivity (Wildman–Crippen MR) is 112 cm³/mol. The Bertz CT molecular complexity index is 933. The molecule has 0 spiro atoms. The quantitative estimate of drug-likeness (QED) is 0.563.